The molecule has 1 saturated heterocycles. The van der Waals surface area contributed by atoms with Crippen LogP contribution in [0.2, 0.25) is 0 Å². The van der Waals surface area contributed by atoms with E-state index in [0.717, 1.165) is 19.3 Å². The van der Waals surface area contributed by atoms with Crippen LogP contribution in [-0.2, 0) is 4.74 Å². The summed E-state index contributed by atoms with van der Waals surface area (Å²) < 4.78 is 22.9. The van der Waals surface area contributed by atoms with Crippen LogP contribution in [0.25, 0.3) is 10.9 Å². The predicted octanol–water partition coefficient (Wildman–Crippen LogP) is 3.80. The zero-order valence-corrected chi connectivity index (χ0v) is 20.8. The van der Waals surface area contributed by atoms with Gasteiger partial charge in [0.2, 0.25) is 5.43 Å². The first kappa shape index (κ1) is 24.8. The largest absolute Gasteiger partial charge is 0.477 e. The third-order valence-electron chi connectivity index (χ3n) is 6.81. The SMILES string of the molecule is CC[C@H]1CN(c2c(F)c(N)c3c(=O)c(C(=O)O)cn(C4CC4)c3c2C)C[C@H]1NC(=O)OC(C)(C)C. The number of nitrogens with zero attached hydrogens (tertiary/aromatic N) is 2. The van der Waals surface area contributed by atoms with Crippen molar-refractivity contribution in [2.24, 2.45) is 5.92 Å². The molecule has 1 saturated carbocycles. The molecule has 1 aliphatic carbocycles. The van der Waals surface area contributed by atoms with Crippen LogP contribution in [0.1, 0.15) is 68.9 Å². The Morgan fingerprint density at radius 1 is 1.29 bits per heavy atom. The molecule has 2 heterocycles. The van der Waals surface area contributed by atoms with Gasteiger partial charge in [-0.25, -0.2) is 14.0 Å². The van der Waals surface area contributed by atoms with E-state index < -0.39 is 34.5 Å². The molecule has 1 aromatic carbocycles. The molecular formula is C25H33FN4O5. The number of halogens is 1. The highest BCUT2D eigenvalue weighted by atomic mass is 19.1. The lowest BCUT2D eigenvalue weighted by molar-refractivity contribution is 0.0496. The lowest BCUT2D eigenvalue weighted by atomic mass is 10.0. The minimum Gasteiger partial charge on any atom is -0.477 e. The molecule has 2 atom stereocenters. The molecular weight excluding hydrogens is 455 g/mol. The number of nitrogens with one attached hydrogen (secondary N) is 1. The number of aryl methyl sites for hydroxylation is 1. The molecule has 10 heteroatoms. The molecule has 4 N–H and O–H groups in total. The molecule has 9 nitrogen and oxygen atoms in total. The normalized spacial score (nSPS) is 20.3. The van der Waals surface area contributed by atoms with Crippen molar-refractivity contribution in [1.82, 2.24) is 9.88 Å². The zero-order valence-electron chi connectivity index (χ0n) is 20.8. The number of carboxylic acid groups (broad SMARTS) is 1. The van der Waals surface area contributed by atoms with Gasteiger partial charge in [0.1, 0.15) is 11.2 Å². The van der Waals surface area contributed by atoms with Crippen LogP contribution in [0, 0.1) is 18.7 Å². The van der Waals surface area contributed by atoms with Gasteiger partial charge in [0.25, 0.3) is 0 Å². The van der Waals surface area contributed by atoms with E-state index in [4.69, 9.17) is 10.5 Å². The van der Waals surface area contributed by atoms with Gasteiger partial charge in [0.05, 0.1) is 28.3 Å². The number of rotatable bonds is 5. The summed E-state index contributed by atoms with van der Waals surface area (Å²) >= 11 is 0. The second kappa shape index (κ2) is 8.73. The molecule has 190 valence electrons. The van der Waals surface area contributed by atoms with Gasteiger partial charge in [-0.15, -0.1) is 0 Å². The Morgan fingerprint density at radius 2 is 1.94 bits per heavy atom. The quantitative estimate of drug-likeness (QED) is 0.546. The third kappa shape index (κ3) is 4.53. The van der Waals surface area contributed by atoms with Crippen molar-refractivity contribution in [2.75, 3.05) is 23.7 Å². The number of anilines is 2. The number of carbonyl (C=O) groups excluding carboxylic acids is 1. The van der Waals surface area contributed by atoms with Crippen molar-refractivity contribution in [1.29, 1.82) is 0 Å². The maximum Gasteiger partial charge on any atom is 0.407 e. The number of nitrogen functional groups attached to an aromatic ring is 1. The summed E-state index contributed by atoms with van der Waals surface area (Å²) in [4.78, 5) is 38.9. The number of pyridine rings is 1. The smallest absolute Gasteiger partial charge is 0.407 e. The van der Waals surface area contributed by atoms with Crippen molar-refractivity contribution in [3.63, 3.8) is 0 Å². The maximum absolute atomic E-state index is 15.8. The van der Waals surface area contributed by atoms with Gasteiger partial charge < -0.3 is 30.4 Å². The standard InChI is InChI=1S/C25H33FN4O5/c1-6-13-9-29(11-16(13)28-24(34)35-25(3,4)5)21-12(2)20-17(19(27)18(21)26)22(31)15(23(32)33)10-30(20)14-7-8-14/h10,13-14,16H,6-9,11,27H2,1-5H3,(H,28,34)(H,32,33)/t13-,16+/m0/s1. The number of ether oxygens (including phenoxy) is 1. The molecule has 2 aromatic rings. The van der Waals surface area contributed by atoms with Crippen LogP contribution in [0.4, 0.5) is 20.6 Å². The van der Waals surface area contributed by atoms with Crippen molar-refractivity contribution in [3.8, 4) is 0 Å². The fourth-order valence-corrected chi connectivity index (χ4v) is 5.04. The first-order valence-corrected chi connectivity index (χ1v) is 12.0. The van der Waals surface area contributed by atoms with E-state index in [1.165, 1.54) is 6.20 Å². The molecule has 1 amide bonds. The Bertz CT molecular complexity index is 1260. The van der Waals surface area contributed by atoms with E-state index in [0.29, 0.717) is 24.2 Å². The number of fused-ring (bicyclic) bond motifs is 1. The highest BCUT2D eigenvalue weighted by molar-refractivity contribution is 6.01. The second-order valence-corrected chi connectivity index (χ2v) is 10.6. The molecule has 35 heavy (non-hydrogen) atoms. The molecule has 0 radical (unpaired) electrons. The Labute approximate surface area is 203 Å². The van der Waals surface area contributed by atoms with E-state index in [2.05, 4.69) is 5.32 Å². The highest BCUT2D eigenvalue weighted by Crippen LogP contribution is 2.43. The summed E-state index contributed by atoms with van der Waals surface area (Å²) in [5.41, 5.74) is 5.25. The molecule has 0 unspecified atom stereocenters. The van der Waals surface area contributed by atoms with Gasteiger partial charge in [-0.05, 0) is 58.4 Å². The van der Waals surface area contributed by atoms with Crippen LogP contribution in [-0.4, -0.2) is 46.5 Å². The van der Waals surface area contributed by atoms with E-state index in [-0.39, 0.29) is 34.8 Å². The third-order valence-corrected chi connectivity index (χ3v) is 6.81. The molecule has 1 aromatic heterocycles. The average molecular weight is 489 g/mol. The highest BCUT2D eigenvalue weighted by Gasteiger charge is 2.37. The van der Waals surface area contributed by atoms with Gasteiger partial charge in [-0.2, -0.15) is 0 Å². The first-order valence-electron chi connectivity index (χ1n) is 12.0. The van der Waals surface area contributed by atoms with E-state index in [1.54, 1.807) is 32.3 Å². The van der Waals surface area contributed by atoms with Gasteiger partial charge >= 0.3 is 12.1 Å². The van der Waals surface area contributed by atoms with Crippen molar-refractivity contribution >= 4 is 34.3 Å². The minimum absolute atomic E-state index is 0.0381. The van der Waals surface area contributed by atoms with Crippen molar-refractivity contribution in [3.05, 3.63) is 33.4 Å². The van der Waals surface area contributed by atoms with Gasteiger partial charge in [-0.1, -0.05) is 6.92 Å². The number of nitrogens with two attached hydrogens (primary N) is 1. The topological polar surface area (TPSA) is 127 Å². The Morgan fingerprint density at radius 3 is 2.49 bits per heavy atom. The second-order valence-electron chi connectivity index (χ2n) is 10.6. The summed E-state index contributed by atoms with van der Waals surface area (Å²) in [6, 6.07) is -0.221. The average Bonchev–Trinajstić information content (AvgIpc) is 3.51. The van der Waals surface area contributed by atoms with Gasteiger partial charge in [0.15, 0.2) is 5.82 Å². The number of alkyl carbamates (subject to hydrolysis) is 1. The number of carbonyl (C=O) groups is 2. The maximum atomic E-state index is 15.8. The number of aromatic nitrogens is 1. The monoisotopic (exact) mass is 488 g/mol. The number of aromatic carboxylic acids is 1. The Hall–Kier alpha value is -3.30. The molecule has 2 fully saturated rings. The molecule has 0 spiro atoms. The first-order chi connectivity index (χ1) is 16.3. The lowest BCUT2D eigenvalue weighted by Gasteiger charge is -2.26. The van der Waals surface area contributed by atoms with E-state index in [9.17, 15) is 19.5 Å². The summed E-state index contributed by atoms with van der Waals surface area (Å²) in [7, 11) is 0. The zero-order chi connectivity index (χ0) is 25.8. The van der Waals surface area contributed by atoms with Crippen LogP contribution < -0.4 is 21.4 Å². The molecule has 2 aliphatic rings. The number of carboxylic acids is 1. The summed E-state index contributed by atoms with van der Waals surface area (Å²) in [6.45, 7) is 9.94. The Balaban J connectivity index is 1.80. The number of amides is 1. The van der Waals surface area contributed by atoms with Crippen molar-refractivity contribution in [2.45, 2.75) is 71.6 Å². The summed E-state index contributed by atoms with van der Waals surface area (Å²) in [5.74, 6) is -2.06. The fraction of sp³-hybridized carbons (Fsp3) is 0.560. The van der Waals surface area contributed by atoms with Crippen LogP contribution in [0.5, 0.6) is 0 Å². The molecule has 1 aliphatic heterocycles. The van der Waals surface area contributed by atoms with Crippen LogP contribution in [0.3, 0.4) is 0 Å². The van der Waals surface area contributed by atoms with Gasteiger partial charge in [0, 0.05) is 25.3 Å². The Kier molecular flexibility index (Phi) is 6.19. The molecule has 0 bridgehead atoms. The fourth-order valence-electron chi connectivity index (χ4n) is 5.04. The minimum atomic E-state index is -1.37. The molecule has 4 rings (SSSR count). The number of benzene rings is 1. The van der Waals surface area contributed by atoms with Gasteiger partial charge in [-0.3, -0.25) is 4.79 Å². The lowest BCUT2D eigenvalue weighted by Crippen LogP contribution is -2.43. The van der Waals surface area contributed by atoms with Crippen molar-refractivity contribution < 1.29 is 23.8 Å². The number of hydrogen-bond donors (Lipinski definition) is 3. The predicted molar refractivity (Wildman–Crippen MR) is 132 cm³/mol. The summed E-state index contributed by atoms with van der Waals surface area (Å²) in [5, 5.41) is 12.4. The van der Waals surface area contributed by atoms with Crippen LogP contribution in [0.15, 0.2) is 11.0 Å². The van der Waals surface area contributed by atoms with E-state index >= 15 is 4.39 Å². The summed E-state index contributed by atoms with van der Waals surface area (Å²) in [6.07, 6.45) is 3.26. The number of hydrogen-bond acceptors (Lipinski definition) is 6. The van der Waals surface area contributed by atoms with E-state index in [1.807, 2.05) is 11.8 Å². The van der Waals surface area contributed by atoms with Crippen LogP contribution >= 0.6 is 0 Å².